The zero-order chi connectivity index (χ0) is 15.2. The lowest BCUT2D eigenvalue weighted by Crippen LogP contribution is -2.41. The highest BCUT2D eigenvalue weighted by molar-refractivity contribution is 7.80. The summed E-state index contributed by atoms with van der Waals surface area (Å²) >= 11 is 5.02. The molecule has 1 saturated heterocycles. The number of thiocarbonyl (C=S) groups is 1. The highest BCUT2D eigenvalue weighted by Crippen LogP contribution is 2.19. The van der Waals surface area contributed by atoms with Gasteiger partial charge in [-0.3, -0.25) is 4.79 Å². The maximum atomic E-state index is 12.2. The molecule has 21 heavy (non-hydrogen) atoms. The van der Waals surface area contributed by atoms with Crippen LogP contribution in [0.25, 0.3) is 0 Å². The van der Waals surface area contributed by atoms with Crippen molar-refractivity contribution in [2.45, 2.75) is 25.7 Å². The van der Waals surface area contributed by atoms with Crippen molar-refractivity contribution in [2.75, 3.05) is 20.2 Å². The van der Waals surface area contributed by atoms with Crippen molar-refractivity contribution in [3.63, 3.8) is 0 Å². The number of carbonyl (C=O) groups excluding carboxylic acids is 1. The van der Waals surface area contributed by atoms with Gasteiger partial charge in [-0.25, -0.2) is 0 Å². The molecule has 0 aromatic heterocycles. The largest absolute Gasteiger partial charge is 0.497 e. The molecule has 1 fully saturated rings. The molecule has 4 nitrogen and oxygen atoms in total. The summed E-state index contributed by atoms with van der Waals surface area (Å²) < 4.78 is 5.12. The van der Waals surface area contributed by atoms with Gasteiger partial charge in [-0.2, -0.15) is 0 Å². The molecule has 2 rings (SSSR count). The minimum absolute atomic E-state index is 0.215. The Bertz CT molecular complexity index is 494. The van der Waals surface area contributed by atoms with Gasteiger partial charge in [0.1, 0.15) is 5.75 Å². The van der Waals surface area contributed by atoms with E-state index in [2.05, 4.69) is 0 Å². The molecule has 114 valence electrons. The van der Waals surface area contributed by atoms with Crippen molar-refractivity contribution in [3.05, 3.63) is 29.8 Å². The SMILES string of the molecule is COc1ccc(CCC(=O)N2CCC(C(N)=S)CC2)cc1. The van der Waals surface area contributed by atoms with Crippen molar-refractivity contribution in [1.29, 1.82) is 0 Å². The second-order valence-corrected chi connectivity index (χ2v) is 5.88. The highest BCUT2D eigenvalue weighted by atomic mass is 32.1. The minimum Gasteiger partial charge on any atom is -0.497 e. The normalized spacial score (nSPS) is 15.8. The van der Waals surface area contributed by atoms with Crippen LogP contribution >= 0.6 is 12.2 Å². The molecule has 2 N–H and O–H groups in total. The van der Waals surface area contributed by atoms with Crippen molar-refractivity contribution >= 4 is 23.1 Å². The van der Waals surface area contributed by atoms with Crippen LogP contribution in [0.15, 0.2) is 24.3 Å². The third-order valence-electron chi connectivity index (χ3n) is 4.04. The van der Waals surface area contributed by atoms with Crippen molar-refractivity contribution in [1.82, 2.24) is 4.90 Å². The van der Waals surface area contributed by atoms with E-state index in [0.717, 1.165) is 43.7 Å². The first kappa shape index (κ1) is 15.8. The number of rotatable bonds is 5. The second kappa shape index (κ2) is 7.41. The van der Waals surface area contributed by atoms with Crippen LogP contribution in [-0.4, -0.2) is 36.0 Å². The lowest BCUT2D eigenvalue weighted by molar-refractivity contribution is -0.132. The van der Waals surface area contributed by atoms with E-state index in [9.17, 15) is 4.79 Å². The zero-order valence-electron chi connectivity index (χ0n) is 12.4. The summed E-state index contributed by atoms with van der Waals surface area (Å²) in [6.45, 7) is 1.53. The predicted octanol–water partition coefficient (Wildman–Crippen LogP) is 2.15. The third kappa shape index (κ3) is 4.43. The fraction of sp³-hybridized carbons (Fsp3) is 0.500. The minimum atomic E-state index is 0.215. The first-order chi connectivity index (χ1) is 10.1. The van der Waals surface area contributed by atoms with Gasteiger partial charge in [0.15, 0.2) is 0 Å². The van der Waals surface area contributed by atoms with E-state index in [1.54, 1.807) is 7.11 Å². The maximum absolute atomic E-state index is 12.2. The molecule has 1 amide bonds. The van der Waals surface area contributed by atoms with Gasteiger partial charge in [0.25, 0.3) is 0 Å². The number of carbonyl (C=O) groups is 1. The summed E-state index contributed by atoms with van der Waals surface area (Å²) in [4.78, 5) is 14.7. The topological polar surface area (TPSA) is 55.6 Å². The second-order valence-electron chi connectivity index (χ2n) is 5.41. The Morgan fingerprint density at radius 3 is 2.48 bits per heavy atom. The Labute approximate surface area is 131 Å². The quantitative estimate of drug-likeness (QED) is 0.847. The summed E-state index contributed by atoms with van der Waals surface area (Å²) in [6.07, 6.45) is 3.09. The van der Waals surface area contributed by atoms with Crippen molar-refractivity contribution in [3.8, 4) is 5.75 Å². The van der Waals surface area contributed by atoms with Gasteiger partial charge in [-0.05, 0) is 37.0 Å². The van der Waals surface area contributed by atoms with E-state index in [1.807, 2.05) is 29.2 Å². The molecule has 0 bridgehead atoms. The average molecular weight is 306 g/mol. The maximum Gasteiger partial charge on any atom is 0.222 e. The first-order valence-corrected chi connectivity index (χ1v) is 7.71. The smallest absolute Gasteiger partial charge is 0.222 e. The van der Waals surface area contributed by atoms with Crippen LogP contribution in [0, 0.1) is 5.92 Å². The summed E-state index contributed by atoms with van der Waals surface area (Å²) in [7, 11) is 1.65. The Balaban J connectivity index is 1.78. The molecule has 0 saturated carbocycles. The molecule has 5 heteroatoms. The van der Waals surface area contributed by atoms with Gasteiger partial charge in [0.05, 0.1) is 12.1 Å². The van der Waals surface area contributed by atoms with Gasteiger partial charge >= 0.3 is 0 Å². The summed E-state index contributed by atoms with van der Waals surface area (Å²) in [5, 5.41) is 0. The number of hydrogen-bond acceptors (Lipinski definition) is 3. The lowest BCUT2D eigenvalue weighted by Gasteiger charge is -2.31. The Morgan fingerprint density at radius 1 is 1.33 bits per heavy atom. The van der Waals surface area contributed by atoms with Gasteiger partial charge in [0.2, 0.25) is 5.91 Å². The summed E-state index contributed by atoms with van der Waals surface area (Å²) in [5.74, 6) is 1.35. The molecular weight excluding hydrogens is 284 g/mol. The number of nitrogens with zero attached hydrogens (tertiary/aromatic N) is 1. The molecule has 0 aliphatic carbocycles. The summed E-state index contributed by atoms with van der Waals surface area (Å²) in [5.41, 5.74) is 6.82. The van der Waals surface area contributed by atoms with Gasteiger partial charge in [-0.1, -0.05) is 24.4 Å². The Kier molecular flexibility index (Phi) is 5.56. The van der Waals surface area contributed by atoms with E-state index < -0.39 is 0 Å². The van der Waals surface area contributed by atoms with Crippen LogP contribution in [0.2, 0.25) is 0 Å². The van der Waals surface area contributed by atoms with Crippen LogP contribution in [0.4, 0.5) is 0 Å². The molecule has 1 aromatic carbocycles. The number of likely N-dealkylation sites (tertiary alicyclic amines) is 1. The molecular formula is C16H22N2O2S. The molecule has 0 atom stereocenters. The zero-order valence-corrected chi connectivity index (χ0v) is 13.2. The van der Waals surface area contributed by atoms with E-state index in [4.69, 9.17) is 22.7 Å². The number of methoxy groups -OCH3 is 1. The van der Waals surface area contributed by atoms with Gasteiger partial charge in [-0.15, -0.1) is 0 Å². The number of piperidine rings is 1. The molecule has 1 aliphatic rings. The highest BCUT2D eigenvalue weighted by Gasteiger charge is 2.23. The van der Waals surface area contributed by atoms with Crippen LogP contribution in [0.1, 0.15) is 24.8 Å². The molecule has 1 heterocycles. The average Bonchev–Trinajstić information content (AvgIpc) is 2.53. The Morgan fingerprint density at radius 2 is 1.95 bits per heavy atom. The van der Waals surface area contributed by atoms with E-state index >= 15 is 0 Å². The van der Waals surface area contributed by atoms with E-state index in [1.165, 1.54) is 0 Å². The van der Waals surface area contributed by atoms with Crippen LogP contribution < -0.4 is 10.5 Å². The van der Waals surface area contributed by atoms with Crippen LogP contribution in [-0.2, 0) is 11.2 Å². The number of nitrogens with two attached hydrogens (primary N) is 1. The third-order valence-corrected chi connectivity index (χ3v) is 4.37. The number of aryl methyl sites for hydroxylation is 1. The fourth-order valence-electron chi connectivity index (χ4n) is 2.61. The Hall–Kier alpha value is -1.62. The molecule has 1 aromatic rings. The van der Waals surface area contributed by atoms with E-state index in [0.29, 0.717) is 17.3 Å². The fourth-order valence-corrected chi connectivity index (χ4v) is 2.85. The molecule has 1 aliphatic heterocycles. The van der Waals surface area contributed by atoms with Crippen molar-refractivity contribution < 1.29 is 9.53 Å². The van der Waals surface area contributed by atoms with Crippen LogP contribution in [0.3, 0.4) is 0 Å². The van der Waals surface area contributed by atoms with Gasteiger partial charge < -0.3 is 15.4 Å². The number of benzene rings is 1. The van der Waals surface area contributed by atoms with E-state index in [-0.39, 0.29) is 5.91 Å². The standard InChI is InChI=1S/C16H22N2O2S/c1-20-14-5-2-12(3-6-14)4-7-15(19)18-10-8-13(9-11-18)16(17)21/h2-3,5-6,13H,4,7-11H2,1H3,(H2,17,21). The van der Waals surface area contributed by atoms with Crippen LogP contribution in [0.5, 0.6) is 5.75 Å². The van der Waals surface area contributed by atoms with Gasteiger partial charge in [0, 0.05) is 25.4 Å². The first-order valence-electron chi connectivity index (χ1n) is 7.30. The number of ether oxygens (including phenoxy) is 1. The number of amides is 1. The molecule has 0 radical (unpaired) electrons. The number of hydrogen-bond donors (Lipinski definition) is 1. The summed E-state index contributed by atoms with van der Waals surface area (Å²) in [6, 6.07) is 7.86. The molecule has 0 spiro atoms. The lowest BCUT2D eigenvalue weighted by atomic mass is 9.96. The monoisotopic (exact) mass is 306 g/mol. The molecule has 0 unspecified atom stereocenters. The predicted molar refractivity (Wildman–Crippen MR) is 87.4 cm³/mol. The van der Waals surface area contributed by atoms with Crippen molar-refractivity contribution in [2.24, 2.45) is 11.7 Å².